The Morgan fingerprint density at radius 1 is 1.08 bits per heavy atom. The SMILES string of the molecule is O=C(O)CCC(Cc1ccccc1)NCc1cc(O)cc(C(F)(F)F)c1. The Morgan fingerprint density at radius 2 is 1.77 bits per heavy atom. The van der Waals surface area contributed by atoms with Crippen molar-refractivity contribution < 1.29 is 28.2 Å². The van der Waals surface area contributed by atoms with E-state index < -0.39 is 23.5 Å². The first-order valence-corrected chi connectivity index (χ1v) is 8.13. The zero-order valence-electron chi connectivity index (χ0n) is 14.0. The summed E-state index contributed by atoms with van der Waals surface area (Å²) in [5.74, 6) is -1.39. The molecule has 0 fully saturated rings. The fraction of sp³-hybridized carbons (Fsp3) is 0.316. The van der Waals surface area contributed by atoms with Gasteiger partial charge in [0, 0.05) is 19.0 Å². The molecule has 0 aliphatic rings. The second-order valence-electron chi connectivity index (χ2n) is 6.09. The molecule has 0 radical (unpaired) electrons. The van der Waals surface area contributed by atoms with Gasteiger partial charge in [-0.25, -0.2) is 0 Å². The van der Waals surface area contributed by atoms with E-state index in [2.05, 4.69) is 5.32 Å². The van der Waals surface area contributed by atoms with Gasteiger partial charge in [-0.15, -0.1) is 0 Å². The smallest absolute Gasteiger partial charge is 0.416 e. The van der Waals surface area contributed by atoms with Crippen LogP contribution in [-0.2, 0) is 23.9 Å². The van der Waals surface area contributed by atoms with E-state index in [-0.39, 0.29) is 24.6 Å². The molecule has 1 atom stereocenters. The number of nitrogens with one attached hydrogen (secondary N) is 1. The van der Waals surface area contributed by atoms with Crippen LogP contribution in [0, 0.1) is 0 Å². The molecule has 0 amide bonds. The van der Waals surface area contributed by atoms with Crippen LogP contribution in [0.2, 0.25) is 0 Å². The number of carboxylic acid groups (broad SMARTS) is 1. The van der Waals surface area contributed by atoms with Gasteiger partial charge in [0.05, 0.1) is 5.56 Å². The van der Waals surface area contributed by atoms with Crippen molar-refractivity contribution >= 4 is 5.97 Å². The van der Waals surface area contributed by atoms with Gasteiger partial charge >= 0.3 is 12.1 Å². The molecule has 0 aliphatic carbocycles. The molecule has 0 spiro atoms. The minimum absolute atomic E-state index is 0.0433. The maximum atomic E-state index is 12.8. The van der Waals surface area contributed by atoms with E-state index in [0.29, 0.717) is 18.9 Å². The highest BCUT2D eigenvalue weighted by Gasteiger charge is 2.31. The zero-order valence-corrected chi connectivity index (χ0v) is 14.0. The van der Waals surface area contributed by atoms with E-state index in [1.54, 1.807) is 0 Å². The van der Waals surface area contributed by atoms with Crippen molar-refractivity contribution in [3.05, 3.63) is 65.2 Å². The molecule has 4 nitrogen and oxygen atoms in total. The highest BCUT2D eigenvalue weighted by atomic mass is 19.4. The minimum Gasteiger partial charge on any atom is -0.508 e. The standard InChI is InChI=1S/C19H20F3NO3/c20-19(21,22)15-8-14(10-17(24)11-15)12-23-16(6-7-18(25)26)9-13-4-2-1-3-5-13/h1-5,8,10-11,16,23-24H,6-7,9,12H2,(H,25,26). The number of benzene rings is 2. The molecule has 3 N–H and O–H groups in total. The first-order chi connectivity index (χ1) is 12.2. The van der Waals surface area contributed by atoms with Gasteiger partial charge in [0.15, 0.2) is 0 Å². The summed E-state index contributed by atoms with van der Waals surface area (Å²) in [6.07, 6.45) is -3.69. The number of phenolic OH excluding ortho intramolecular Hbond substituents is 1. The van der Waals surface area contributed by atoms with E-state index in [9.17, 15) is 23.1 Å². The minimum atomic E-state index is -4.54. The number of aromatic hydroxyl groups is 1. The van der Waals surface area contributed by atoms with Crippen molar-refractivity contribution in [3.8, 4) is 5.75 Å². The third-order valence-corrected chi connectivity index (χ3v) is 3.93. The Kier molecular flexibility index (Phi) is 6.63. The molecular weight excluding hydrogens is 347 g/mol. The van der Waals surface area contributed by atoms with Crippen molar-refractivity contribution in [1.29, 1.82) is 0 Å². The average Bonchev–Trinajstić information content (AvgIpc) is 2.57. The van der Waals surface area contributed by atoms with Crippen molar-refractivity contribution in [2.45, 2.75) is 38.0 Å². The van der Waals surface area contributed by atoms with Crippen LogP contribution in [0.5, 0.6) is 5.75 Å². The van der Waals surface area contributed by atoms with Crippen LogP contribution in [0.1, 0.15) is 29.5 Å². The number of hydrogen-bond acceptors (Lipinski definition) is 3. The van der Waals surface area contributed by atoms with Crippen LogP contribution in [0.25, 0.3) is 0 Å². The van der Waals surface area contributed by atoms with Crippen LogP contribution in [0.15, 0.2) is 48.5 Å². The Bertz CT molecular complexity index is 733. The first-order valence-electron chi connectivity index (χ1n) is 8.13. The summed E-state index contributed by atoms with van der Waals surface area (Å²) in [7, 11) is 0. The fourth-order valence-electron chi connectivity index (χ4n) is 2.67. The normalized spacial score (nSPS) is 12.7. The maximum absolute atomic E-state index is 12.8. The molecule has 0 bridgehead atoms. The molecule has 0 aromatic heterocycles. The van der Waals surface area contributed by atoms with Crippen LogP contribution >= 0.6 is 0 Å². The number of phenols is 1. The molecule has 0 saturated heterocycles. The fourth-order valence-corrected chi connectivity index (χ4v) is 2.67. The van der Waals surface area contributed by atoms with E-state index in [1.807, 2.05) is 30.3 Å². The summed E-state index contributed by atoms with van der Waals surface area (Å²) < 4.78 is 38.5. The molecule has 140 valence electrons. The van der Waals surface area contributed by atoms with Gasteiger partial charge in [0.2, 0.25) is 0 Å². The van der Waals surface area contributed by atoms with Gasteiger partial charge < -0.3 is 15.5 Å². The molecular formula is C19H20F3NO3. The predicted octanol–water partition coefficient (Wildman–Crippen LogP) is 3.98. The van der Waals surface area contributed by atoms with Crippen molar-refractivity contribution in [3.63, 3.8) is 0 Å². The van der Waals surface area contributed by atoms with Crippen molar-refractivity contribution in [2.75, 3.05) is 0 Å². The summed E-state index contributed by atoms with van der Waals surface area (Å²) in [6.45, 7) is 0.0919. The summed E-state index contributed by atoms with van der Waals surface area (Å²) >= 11 is 0. The summed E-state index contributed by atoms with van der Waals surface area (Å²) in [5, 5.41) is 21.5. The van der Waals surface area contributed by atoms with E-state index >= 15 is 0 Å². The zero-order chi connectivity index (χ0) is 19.2. The van der Waals surface area contributed by atoms with Gasteiger partial charge in [-0.2, -0.15) is 13.2 Å². The Morgan fingerprint density at radius 3 is 2.38 bits per heavy atom. The average molecular weight is 367 g/mol. The number of halogens is 3. The molecule has 2 aromatic rings. The highest BCUT2D eigenvalue weighted by molar-refractivity contribution is 5.66. The lowest BCUT2D eigenvalue weighted by Crippen LogP contribution is -2.31. The molecule has 0 saturated carbocycles. The van der Waals surface area contributed by atoms with Gasteiger partial charge in [0.25, 0.3) is 0 Å². The molecule has 2 aromatic carbocycles. The van der Waals surface area contributed by atoms with Crippen molar-refractivity contribution in [1.82, 2.24) is 5.32 Å². The van der Waals surface area contributed by atoms with Gasteiger partial charge in [0.1, 0.15) is 5.75 Å². The van der Waals surface area contributed by atoms with E-state index in [0.717, 1.165) is 11.6 Å². The van der Waals surface area contributed by atoms with Gasteiger partial charge in [-0.05, 0) is 42.2 Å². The lowest BCUT2D eigenvalue weighted by Gasteiger charge is -2.19. The monoisotopic (exact) mass is 367 g/mol. The Hall–Kier alpha value is -2.54. The Balaban J connectivity index is 2.08. The number of aliphatic carboxylic acids is 1. The lowest BCUT2D eigenvalue weighted by atomic mass is 10.0. The molecule has 2 rings (SSSR count). The van der Waals surface area contributed by atoms with Crippen LogP contribution in [-0.4, -0.2) is 22.2 Å². The highest BCUT2D eigenvalue weighted by Crippen LogP contribution is 2.32. The predicted molar refractivity (Wildman–Crippen MR) is 90.8 cm³/mol. The quantitative estimate of drug-likeness (QED) is 0.660. The van der Waals surface area contributed by atoms with Gasteiger partial charge in [-0.1, -0.05) is 30.3 Å². The van der Waals surface area contributed by atoms with E-state index in [4.69, 9.17) is 5.11 Å². The summed E-state index contributed by atoms with van der Waals surface area (Å²) in [4.78, 5) is 10.8. The third kappa shape index (κ3) is 6.40. The van der Waals surface area contributed by atoms with E-state index in [1.165, 1.54) is 6.07 Å². The number of carboxylic acids is 1. The Labute approximate surface area is 149 Å². The second-order valence-corrected chi connectivity index (χ2v) is 6.09. The number of hydrogen-bond donors (Lipinski definition) is 3. The maximum Gasteiger partial charge on any atom is 0.416 e. The van der Waals surface area contributed by atoms with Crippen LogP contribution < -0.4 is 5.32 Å². The molecule has 0 aliphatic heterocycles. The largest absolute Gasteiger partial charge is 0.508 e. The number of rotatable bonds is 8. The third-order valence-electron chi connectivity index (χ3n) is 3.93. The molecule has 0 heterocycles. The summed E-state index contributed by atoms with van der Waals surface area (Å²) in [6, 6.07) is 12.1. The number of alkyl halides is 3. The molecule has 7 heteroatoms. The number of carbonyl (C=O) groups is 1. The molecule has 26 heavy (non-hydrogen) atoms. The van der Waals surface area contributed by atoms with Crippen LogP contribution in [0.4, 0.5) is 13.2 Å². The van der Waals surface area contributed by atoms with Crippen molar-refractivity contribution in [2.24, 2.45) is 0 Å². The second kappa shape index (κ2) is 8.71. The van der Waals surface area contributed by atoms with Crippen LogP contribution in [0.3, 0.4) is 0 Å². The molecule has 1 unspecified atom stereocenters. The lowest BCUT2D eigenvalue weighted by molar-refractivity contribution is -0.138. The summed E-state index contributed by atoms with van der Waals surface area (Å²) in [5.41, 5.74) is 0.368. The van der Waals surface area contributed by atoms with Gasteiger partial charge in [-0.3, -0.25) is 4.79 Å². The topological polar surface area (TPSA) is 69.6 Å². The first kappa shape index (κ1) is 19.8.